The molecule has 0 bridgehead atoms. The predicted molar refractivity (Wildman–Crippen MR) is 111 cm³/mol. The van der Waals surface area contributed by atoms with Crippen LogP contribution in [0.25, 0.3) is 22.3 Å². The van der Waals surface area contributed by atoms with Gasteiger partial charge in [-0.05, 0) is 58.6 Å². The highest BCUT2D eigenvalue weighted by Gasteiger charge is 2.31. The Morgan fingerprint density at radius 2 is 2.00 bits per heavy atom. The van der Waals surface area contributed by atoms with E-state index in [0.717, 1.165) is 52.3 Å². The van der Waals surface area contributed by atoms with Crippen LogP contribution in [-0.4, -0.2) is 33.6 Å². The standard InChI is InChI=1S/C22H26N4O2/c1-12-20(26-22(2,3)4)25-19-14(7-6-8-16(19)23-12)17-11-15(21(27)28-5)18(24-17)13-9-10-13/h6-8,11,13,24H,9-10H2,1-5H3,(H,25,26). The van der Waals surface area contributed by atoms with Crippen LogP contribution in [0.5, 0.6) is 0 Å². The third-order valence-electron chi connectivity index (χ3n) is 4.89. The lowest BCUT2D eigenvalue weighted by molar-refractivity contribution is 0.0599. The number of para-hydroxylation sites is 1. The molecule has 0 aliphatic heterocycles. The van der Waals surface area contributed by atoms with Crippen molar-refractivity contribution in [1.29, 1.82) is 0 Å². The quantitative estimate of drug-likeness (QED) is 0.637. The number of H-pyrrole nitrogens is 1. The summed E-state index contributed by atoms with van der Waals surface area (Å²) in [4.78, 5) is 25.3. The number of hydrogen-bond acceptors (Lipinski definition) is 5. The van der Waals surface area contributed by atoms with E-state index in [1.54, 1.807) is 0 Å². The molecule has 2 N–H and O–H groups in total. The zero-order valence-electron chi connectivity index (χ0n) is 17.0. The monoisotopic (exact) mass is 378 g/mol. The Bertz CT molecular complexity index is 1060. The van der Waals surface area contributed by atoms with Gasteiger partial charge in [0.2, 0.25) is 0 Å². The van der Waals surface area contributed by atoms with Gasteiger partial charge >= 0.3 is 5.97 Å². The summed E-state index contributed by atoms with van der Waals surface area (Å²) in [6.45, 7) is 8.25. The minimum Gasteiger partial charge on any atom is -0.465 e. The van der Waals surface area contributed by atoms with Gasteiger partial charge in [0.1, 0.15) is 11.3 Å². The summed E-state index contributed by atoms with van der Waals surface area (Å²) in [6.07, 6.45) is 2.19. The van der Waals surface area contributed by atoms with Gasteiger partial charge in [0.15, 0.2) is 0 Å². The van der Waals surface area contributed by atoms with Crippen molar-refractivity contribution in [3.8, 4) is 11.3 Å². The summed E-state index contributed by atoms with van der Waals surface area (Å²) < 4.78 is 4.98. The Labute approximate surface area is 164 Å². The molecule has 3 aromatic rings. The molecule has 1 aliphatic carbocycles. The van der Waals surface area contributed by atoms with E-state index in [1.165, 1.54) is 7.11 Å². The zero-order valence-corrected chi connectivity index (χ0v) is 17.0. The summed E-state index contributed by atoms with van der Waals surface area (Å²) in [7, 11) is 1.42. The average Bonchev–Trinajstić information content (AvgIpc) is 3.39. The van der Waals surface area contributed by atoms with Gasteiger partial charge in [-0.25, -0.2) is 14.8 Å². The minimum absolute atomic E-state index is 0.119. The summed E-state index contributed by atoms with van der Waals surface area (Å²) in [5.74, 6) is 0.876. The molecule has 6 heteroatoms. The molecule has 0 amide bonds. The molecule has 4 rings (SSSR count). The van der Waals surface area contributed by atoms with Crippen molar-refractivity contribution in [2.24, 2.45) is 0 Å². The van der Waals surface area contributed by atoms with Crippen LogP contribution in [0, 0.1) is 6.92 Å². The number of fused-ring (bicyclic) bond motifs is 1. The highest BCUT2D eigenvalue weighted by atomic mass is 16.5. The number of ether oxygens (including phenoxy) is 1. The molecule has 6 nitrogen and oxygen atoms in total. The maximum Gasteiger partial charge on any atom is 0.339 e. The van der Waals surface area contributed by atoms with Crippen LogP contribution < -0.4 is 5.32 Å². The van der Waals surface area contributed by atoms with Crippen molar-refractivity contribution in [3.63, 3.8) is 0 Å². The molecular formula is C22H26N4O2. The van der Waals surface area contributed by atoms with Crippen molar-refractivity contribution in [2.75, 3.05) is 12.4 Å². The number of carbonyl (C=O) groups excluding carboxylic acids is 1. The molecular weight excluding hydrogens is 352 g/mol. The summed E-state index contributed by atoms with van der Waals surface area (Å²) >= 11 is 0. The second-order valence-corrected chi connectivity index (χ2v) is 8.48. The SMILES string of the molecule is COC(=O)c1cc(-c2cccc3nc(C)c(NC(C)(C)C)nc23)[nH]c1C1CC1. The number of rotatable bonds is 4. The zero-order chi connectivity index (χ0) is 20.1. The molecule has 28 heavy (non-hydrogen) atoms. The molecule has 0 saturated heterocycles. The van der Waals surface area contributed by atoms with Gasteiger partial charge in [-0.2, -0.15) is 0 Å². The van der Waals surface area contributed by atoms with Gasteiger partial charge in [-0.1, -0.05) is 12.1 Å². The number of aryl methyl sites for hydroxylation is 1. The number of carbonyl (C=O) groups is 1. The van der Waals surface area contributed by atoms with Crippen LogP contribution in [0.3, 0.4) is 0 Å². The third kappa shape index (κ3) is 3.46. The first-order valence-electron chi connectivity index (χ1n) is 9.64. The molecule has 0 unspecified atom stereocenters. The fourth-order valence-corrected chi connectivity index (χ4v) is 3.44. The fourth-order valence-electron chi connectivity index (χ4n) is 3.44. The van der Waals surface area contributed by atoms with E-state index in [9.17, 15) is 4.79 Å². The lowest BCUT2D eigenvalue weighted by Crippen LogP contribution is -2.27. The first kappa shape index (κ1) is 18.5. The van der Waals surface area contributed by atoms with Crippen LogP contribution in [-0.2, 0) is 4.74 Å². The second-order valence-electron chi connectivity index (χ2n) is 8.48. The maximum atomic E-state index is 12.2. The van der Waals surface area contributed by atoms with E-state index < -0.39 is 0 Å². The van der Waals surface area contributed by atoms with E-state index in [0.29, 0.717) is 11.5 Å². The van der Waals surface area contributed by atoms with Crippen molar-refractivity contribution in [2.45, 2.75) is 52.0 Å². The first-order valence-corrected chi connectivity index (χ1v) is 9.64. The fraction of sp³-hybridized carbons (Fsp3) is 0.409. The van der Waals surface area contributed by atoms with E-state index in [2.05, 4.69) is 31.1 Å². The van der Waals surface area contributed by atoms with Gasteiger partial charge in [-0.3, -0.25) is 0 Å². The molecule has 2 heterocycles. The summed E-state index contributed by atoms with van der Waals surface area (Å²) in [5, 5.41) is 3.43. The number of aromatic amines is 1. The van der Waals surface area contributed by atoms with E-state index in [1.807, 2.05) is 31.2 Å². The molecule has 2 aromatic heterocycles. The molecule has 1 saturated carbocycles. The van der Waals surface area contributed by atoms with E-state index >= 15 is 0 Å². The van der Waals surface area contributed by atoms with Gasteiger partial charge in [-0.15, -0.1) is 0 Å². The third-order valence-corrected chi connectivity index (χ3v) is 4.89. The number of aromatic nitrogens is 3. The van der Waals surface area contributed by atoms with Crippen molar-refractivity contribution in [3.05, 3.63) is 41.2 Å². The molecule has 1 aromatic carbocycles. The van der Waals surface area contributed by atoms with Gasteiger partial charge in [0.25, 0.3) is 0 Å². The van der Waals surface area contributed by atoms with Crippen LogP contribution in [0.1, 0.15) is 61.3 Å². The average molecular weight is 378 g/mol. The van der Waals surface area contributed by atoms with Crippen LogP contribution >= 0.6 is 0 Å². The second kappa shape index (κ2) is 6.62. The Kier molecular flexibility index (Phi) is 4.37. The first-order chi connectivity index (χ1) is 13.3. The highest BCUT2D eigenvalue weighted by Crippen LogP contribution is 2.43. The normalized spacial score (nSPS) is 14.3. The molecule has 146 valence electrons. The van der Waals surface area contributed by atoms with E-state index in [4.69, 9.17) is 14.7 Å². The number of benzene rings is 1. The Morgan fingerprint density at radius 1 is 1.25 bits per heavy atom. The number of nitrogens with zero attached hydrogens (tertiary/aromatic N) is 2. The van der Waals surface area contributed by atoms with Crippen molar-refractivity contribution < 1.29 is 9.53 Å². The van der Waals surface area contributed by atoms with Crippen LogP contribution in [0.4, 0.5) is 5.82 Å². The molecule has 0 spiro atoms. The highest BCUT2D eigenvalue weighted by molar-refractivity contribution is 5.96. The predicted octanol–water partition coefficient (Wildman–Crippen LogP) is 4.81. The lowest BCUT2D eigenvalue weighted by atomic mass is 10.1. The van der Waals surface area contributed by atoms with Crippen LogP contribution in [0.15, 0.2) is 24.3 Å². The minimum atomic E-state index is -0.304. The number of hydrogen-bond donors (Lipinski definition) is 2. The van der Waals surface area contributed by atoms with E-state index in [-0.39, 0.29) is 11.5 Å². The molecule has 0 radical (unpaired) electrons. The Balaban J connectivity index is 1.87. The topological polar surface area (TPSA) is 79.9 Å². The molecule has 1 fully saturated rings. The number of anilines is 1. The maximum absolute atomic E-state index is 12.2. The molecule has 0 atom stereocenters. The largest absolute Gasteiger partial charge is 0.465 e. The Morgan fingerprint density at radius 3 is 2.64 bits per heavy atom. The summed E-state index contributed by atoms with van der Waals surface area (Å²) in [5.41, 5.74) is 5.76. The summed E-state index contributed by atoms with van der Waals surface area (Å²) in [6, 6.07) is 7.83. The smallest absolute Gasteiger partial charge is 0.339 e. The van der Waals surface area contributed by atoms with Gasteiger partial charge < -0.3 is 15.0 Å². The van der Waals surface area contributed by atoms with Crippen molar-refractivity contribution >= 4 is 22.8 Å². The Hall–Kier alpha value is -2.89. The number of esters is 1. The lowest BCUT2D eigenvalue weighted by Gasteiger charge is -2.22. The number of methoxy groups -OCH3 is 1. The number of nitrogens with one attached hydrogen (secondary N) is 2. The van der Waals surface area contributed by atoms with Crippen LogP contribution in [0.2, 0.25) is 0 Å². The molecule has 1 aliphatic rings. The van der Waals surface area contributed by atoms with Gasteiger partial charge in [0.05, 0.1) is 23.9 Å². The van der Waals surface area contributed by atoms with Gasteiger partial charge in [0, 0.05) is 22.5 Å². The van der Waals surface area contributed by atoms with Crippen molar-refractivity contribution in [1.82, 2.24) is 15.0 Å².